The molecule has 1 aliphatic carbocycles. The standard InChI is InChI=1S/C16H22N2O/c1-2-3-10-18(14-6-7-14)16(19)13-5-4-12-8-9-17-15(12)11-13/h4-5,11,14,17H,2-3,6-10H2,1H3. The zero-order valence-electron chi connectivity index (χ0n) is 11.6. The van der Waals surface area contributed by atoms with Gasteiger partial charge < -0.3 is 10.2 Å². The van der Waals surface area contributed by atoms with E-state index in [1.165, 1.54) is 18.4 Å². The van der Waals surface area contributed by atoms with Crippen LogP contribution < -0.4 is 5.32 Å². The van der Waals surface area contributed by atoms with Crippen LogP contribution in [-0.2, 0) is 6.42 Å². The van der Waals surface area contributed by atoms with E-state index in [1.807, 2.05) is 12.1 Å². The molecule has 1 fully saturated rings. The normalized spacial score (nSPS) is 16.9. The van der Waals surface area contributed by atoms with E-state index in [0.29, 0.717) is 6.04 Å². The third-order valence-electron chi connectivity index (χ3n) is 4.07. The minimum absolute atomic E-state index is 0.215. The SMILES string of the molecule is CCCCN(C(=O)c1ccc2c(c1)NCC2)C1CC1. The van der Waals surface area contributed by atoms with Crippen molar-refractivity contribution in [2.75, 3.05) is 18.4 Å². The number of benzene rings is 1. The Bertz CT molecular complexity index is 480. The molecule has 1 N–H and O–H groups in total. The van der Waals surface area contributed by atoms with Gasteiger partial charge in [0.15, 0.2) is 0 Å². The number of anilines is 1. The van der Waals surface area contributed by atoms with Gasteiger partial charge in [0.1, 0.15) is 0 Å². The van der Waals surface area contributed by atoms with Crippen LogP contribution in [0.2, 0.25) is 0 Å². The van der Waals surface area contributed by atoms with Gasteiger partial charge in [-0.05, 0) is 43.4 Å². The smallest absolute Gasteiger partial charge is 0.254 e. The second-order valence-electron chi connectivity index (χ2n) is 5.63. The highest BCUT2D eigenvalue weighted by atomic mass is 16.2. The largest absolute Gasteiger partial charge is 0.384 e. The van der Waals surface area contributed by atoms with Gasteiger partial charge in [-0.2, -0.15) is 0 Å². The summed E-state index contributed by atoms with van der Waals surface area (Å²) in [6, 6.07) is 6.63. The Labute approximate surface area is 115 Å². The first-order valence-corrected chi connectivity index (χ1v) is 7.47. The maximum atomic E-state index is 12.6. The molecule has 19 heavy (non-hydrogen) atoms. The van der Waals surface area contributed by atoms with Crippen LogP contribution in [0.1, 0.15) is 48.5 Å². The average Bonchev–Trinajstić information content (AvgIpc) is 3.15. The van der Waals surface area contributed by atoms with Gasteiger partial charge in [-0.1, -0.05) is 19.4 Å². The summed E-state index contributed by atoms with van der Waals surface area (Å²) >= 11 is 0. The van der Waals surface area contributed by atoms with E-state index in [4.69, 9.17) is 0 Å². The summed E-state index contributed by atoms with van der Waals surface area (Å²) in [6.07, 6.45) is 5.68. The molecule has 1 heterocycles. The molecule has 0 unspecified atom stereocenters. The van der Waals surface area contributed by atoms with Crippen LogP contribution in [-0.4, -0.2) is 29.9 Å². The highest BCUT2D eigenvalue weighted by Gasteiger charge is 2.32. The monoisotopic (exact) mass is 258 g/mol. The van der Waals surface area contributed by atoms with E-state index in [2.05, 4.69) is 23.2 Å². The minimum atomic E-state index is 0.215. The molecule has 3 rings (SSSR count). The number of fused-ring (bicyclic) bond motifs is 1. The lowest BCUT2D eigenvalue weighted by Crippen LogP contribution is -2.34. The molecule has 0 bridgehead atoms. The van der Waals surface area contributed by atoms with Gasteiger partial charge in [0.05, 0.1) is 0 Å². The maximum Gasteiger partial charge on any atom is 0.254 e. The summed E-state index contributed by atoms with van der Waals surface area (Å²) < 4.78 is 0. The van der Waals surface area contributed by atoms with Crippen molar-refractivity contribution in [3.05, 3.63) is 29.3 Å². The molecule has 2 aliphatic rings. The summed E-state index contributed by atoms with van der Waals surface area (Å²) in [6.45, 7) is 4.08. The highest BCUT2D eigenvalue weighted by Crippen LogP contribution is 2.30. The van der Waals surface area contributed by atoms with Crippen molar-refractivity contribution in [2.24, 2.45) is 0 Å². The first kappa shape index (κ1) is 12.5. The number of unbranched alkanes of at least 4 members (excludes halogenated alkanes) is 1. The second-order valence-corrected chi connectivity index (χ2v) is 5.63. The number of nitrogens with one attached hydrogen (secondary N) is 1. The van der Waals surface area contributed by atoms with Gasteiger partial charge in [-0.25, -0.2) is 0 Å². The third kappa shape index (κ3) is 2.60. The van der Waals surface area contributed by atoms with Crippen LogP contribution in [0.4, 0.5) is 5.69 Å². The van der Waals surface area contributed by atoms with Crippen LogP contribution in [0.25, 0.3) is 0 Å². The van der Waals surface area contributed by atoms with Crippen LogP contribution >= 0.6 is 0 Å². The Hall–Kier alpha value is -1.51. The highest BCUT2D eigenvalue weighted by molar-refractivity contribution is 5.96. The number of rotatable bonds is 5. The summed E-state index contributed by atoms with van der Waals surface area (Å²) in [5.74, 6) is 0.215. The predicted octanol–water partition coefficient (Wildman–Crippen LogP) is 3.06. The van der Waals surface area contributed by atoms with E-state index < -0.39 is 0 Å². The lowest BCUT2D eigenvalue weighted by molar-refractivity contribution is 0.0741. The Kier molecular flexibility index (Phi) is 3.45. The molecular weight excluding hydrogens is 236 g/mol. The van der Waals surface area contributed by atoms with E-state index in [-0.39, 0.29) is 5.91 Å². The Morgan fingerprint density at radius 3 is 3.00 bits per heavy atom. The fourth-order valence-corrected chi connectivity index (χ4v) is 2.75. The van der Waals surface area contributed by atoms with E-state index in [1.54, 1.807) is 0 Å². The van der Waals surface area contributed by atoms with Crippen LogP contribution in [0.3, 0.4) is 0 Å². The lowest BCUT2D eigenvalue weighted by Gasteiger charge is -2.22. The molecule has 102 valence electrons. The minimum Gasteiger partial charge on any atom is -0.384 e. The fraction of sp³-hybridized carbons (Fsp3) is 0.562. The topological polar surface area (TPSA) is 32.3 Å². The molecule has 0 atom stereocenters. The van der Waals surface area contributed by atoms with Crippen molar-refractivity contribution in [3.8, 4) is 0 Å². The molecular formula is C16H22N2O. The number of nitrogens with zero attached hydrogens (tertiary/aromatic N) is 1. The van der Waals surface area contributed by atoms with E-state index >= 15 is 0 Å². The van der Waals surface area contributed by atoms with Crippen molar-refractivity contribution in [1.29, 1.82) is 0 Å². The van der Waals surface area contributed by atoms with E-state index in [0.717, 1.165) is 43.6 Å². The van der Waals surface area contributed by atoms with Crippen LogP contribution in [0, 0.1) is 0 Å². The first-order chi connectivity index (χ1) is 9.29. The number of carbonyl (C=O) groups is 1. The summed E-state index contributed by atoms with van der Waals surface area (Å²) in [5, 5.41) is 3.35. The van der Waals surface area contributed by atoms with Crippen LogP contribution in [0.15, 0.2) is 18.2 Å². The summed E-state index contributed by atoms with van der Waals surface area (Å²) in [7, 11) is 0. The molecule has 1 amide bonds. The quantitative estimate of drug-likeness (QED) is 0.880. The lowest BCUT2D eigenvalue weighted by atomic mass is 10.1. The maximum absolute atomic E-state index is 12.6. The number of carbonyl (C=O) groups excluding carboxylic acids is 1. The number of hydrogen-bond acceptors (Lipinski definition) is 2. The van der Waals surface area contributed by atoms with Gasteiger partial charge in [0.25, 0.3) is 5.91 Å². The Morgan fingerprint density at radius 2 is 2.26 bits per heavy atom. The predicted molar refractivity (Wildman–Crippen MR) is 77.6 cm³/mol. The number of hydrogen-bond donors (Lipinski definition) is 1. The third-order valence-corrected chi connectivity index (χ3v) is 4.07. The molecule has 0 radical (unpaired) electrons. The second kappa shape index (κ2) is 5.24. The summed E-state index contributed by atoms with van der Waals surface area (Å²) in [5.41, 5.74) is 3.33. The van der Waals surface area contributed by atoms with Crippen molar-refractivity contribution in [1.82, 2.24) is 4.90 Å². The molecule has 0 saturated heterocycles. The molecule has 3 heteroatoms. The fourth-order valence-electron chi connectivity index (χ4n) is 2.75. The molecule has 1 aromatic rings. The average molecular weight is 258 g/mol. The Balaban J connectivity index is 1.77. The van der Waals surface area contributed by atoms with Crippen molar-refractivity contribution < 1.29 is 4.79 Å². The van der Waals surface area contributed by atoms with Gasteiger partial charge in [0, 0.05) is 30.4 Å². The first-order valence-electron chi connectivity index (χ1n) is 7.47. The zero-order valence-corrected chi connectivity index (χ0v) is 11.6. The van der Waals surface area contributed by atoms with Crippen molar-refractivity contribution >= 4 is 11.6 Å². The van der Waals surface area contributed by atoms with E-state index in [9.17, 15) is 4.79 Å². The van der Waals surface area contributed by atoms with Crippen molar-refractivity contribution in [3.63, 3.8) is 0 Å². The molecule has 0 aromatic heterocycles. The van der Waals surface area contributed by atoms with Gasteiger partial charge in [0.2, 0.25) is 0 Å². The zero-order chi connectivity index (χ0) is 13.2. The van der Waals surface area contributed by atoms with Gasteiger partial charge in [-0.3, -0.25) is 4.79 Å². The molecule has 3 nitrogen and oxygen atoms in total. The summed E-state index contributed by atoms with van der Waals surface area (Å²) in [4.78, 5) is 14.7. The van der Waals surface area contributed by atoms with Gasteiger partial charge in [-0.15, -0.1) is 0 Å². The van der Waals surface area contributed by atoms with Crippen LogP contribution in [0.5, 0.6) is 0 Å². The molecule has 1 aromatic carbocycles. The molecule has 0 spiro atoms. The molecule has 1 saturated carbocycles. The van der Waals surface area contributed by atoms with Crippen molar-refractivity contribution in [2.45, 2.75) is 45.1 Å². The van der Waals surface area contributed by atoms with Gasteiger partial charge >= 0.3 is 0 Å². The number of amides is 1. The Morgan fingerprint density at radius 1 is 1.42 bits per heavy atom. The molecule has 1 aliphatic heterocycles.